The number of aryl methyl sites for hydroxylation is 2. The highest BCUT2D eigenvalue weighted by Gasteiger charge is 2.19. The third-order valence-electron chi connectivity index (χ3n) is 3.48. The first-order valence-corrected chi connectivity index (χ1v) is 9.34. The van der Waals surface area contributed by atoms with Gasteiger partial charge in [0.15, 0.2) is 6.10 Å². The van der Waals surface area contributed by atoms with Crippen molar-refractivity contribution in [2.24, 2.45) is 0 Å². The van der Waals surface area contributed by atoms with Crippen LogP contribution in [0, 0.1) is 13.8 Å². The van der Waals surface area contributed by atoms with Gasteiger partial charge in [0.25, 0.3) is 0 Å². The Kier molecular flexibility index (Phi) is 6.63. The summed E-state index contributed by atoms with van der Waals surface area (Å²) in [6.07, 6.45) is -0.793. The van der Waals surface area contributed by atoms with Crippen LogP contribution >= 0.6 is 27.7 Å². The van der Waals surface area contributed by atoms with E-state index in [-0.39, 0.29) is 11.5 Å². The number of halogens is 1. The highest BCUT2D eigenvalue weighted by atomic mass is 79.9. The fraction of sp³-hybridized carbons (Fsp3) is 0.263. The number of esters is 1. The predicted octanol–water partition coefficient (Wildman–Crippen LogP) is 4.97. The third kappa shape index (κ3) is 5.21. The summed E-state index contributed by atoms with van der Waals surface area (Å²) in [5, 5.41) is 0. The molecule has 3 nitrogen and oxygen atoms in total. The third-order valence-corrected chi connectivity index (χ3v) is 5.16. The van der Waals surface area contributed by atoms with Gasteiger partial charge in [0.1, 0.15) is 0 Å². The molecule has 0 unspecified atom stereocenters. The summed E-state index contributed by atoms with van der Waals surface area (Å²) in [7, 11) is 0. The number of hydrogen-bond acceptors (Lipinski definition) is 4. The molecule has 1 atom stereocenters. The standard InChI is InChI=1S/C19H19BrO3S/c1-12-4-9-17(13(2)10-12)24-11-18(21)23-14(3)19(22)15-5-7-16(20)8-6-15/h4-10,14H,11H2,1-3H3/t14-/m0/s1. The van der Waals surface area contributed by atoms with Crippen molar-refractivity contribution in [3.05, 3.63) is 63.6 Å². The Labute approximate surface area is 154 Å². The largest absolute Gasteiger partial charge is 0.454 e. The second-order valence-electron chi connectivity index (χ2n) is 5.56. The van der Waals surface area contributed by atoms with E-state index in [1.807, 2.05) is 26.0 Å². The molecule has 0 aromatic heterocycles. The quantitative estimate of drug-likeness (QED) is 0.385. The van der Waals surface area contributed by atoms with E-state index in [0.717, 1.165) is 14.9 Å². The van der Waals surface area contributed by atoms with Crippen LogP contribution in [0.2, 0.25) is 0 Å². The number of Topliss-reactive ketones (excluding diaryl/α,β-unsaturated/α-hetero) is 1. The summed E-state index contributed by atoms with van der Waals surface area (Å²) >= 11 is 4.75. The maximum Gasteiger partial charge on any atom is 0.316 e. The maximum absolute atomic E-state index is 12.3. The van der Waals surface area contributed by atoms with Crippen LogP contribution in [0.4, 0.5) is 0 Å². The van der Waals surface area contributed by atoms with E-state index in [0.29, 0.717) is 5.56 Å². The first-order chi connectivity index (χ1) is 11.4. The molecule has 0 spiro atoms. The van der Waals surface area contributed by atoms with Crippen molar-refractivity contribution in [3.63, 3.8) is 0 Å². The van der Waals surface area contributed by atoms with Gasteiger partial charge in [-0.25, -0.2) is 0 Å². The Balaban J connectivity index is 1.89. The monoisotopic (exact) mass is 406 g/mol. The Morgan fingerprint density at radius 1 is 1.12 bits per heavy atom. The molecular weight excluding hydrogens is 388 g/mol. The van der Waals surface area contributed by atoms with Gasteiger partial charge in [-0.2, -0.15) is 0 Å². The van der Waals surface area contributed by atoms with E-state index in [1.54, 1.807) is 31.2 Å². The number of rotatable bonds is 6. The molecule has 0 aliphatic carbocycles. The number of carbonyl (C=O) groups is 2. The molecule has 2 aromatic rings. The normalized spacial score (nSPS) is 11.8. The minimum absolute atomic E-state index is 0.182. The smallest absolute Gasteiger partial charge is 0.316 e. The Morgan fingerprint density at radius 3 is 2.42 bits per heavy atom. The van der Waals surface area contributed by atoms with Crippen LogP contribution in [0.25, 0.3) is 0 Å². The summed E-state index contributed by atoms with van der Waals surface area (Å²) in [6, 6.07) is 13.1. The van der Waals surface area contributed by atoms with Gasteiger partial charge < -0.3 is 4.74 Å². The van der Waals surface area contributed by atoms with Crippen LogP contribution in [-0.2, 0) is 9.53 Å². The number of ether oxygens (including phenoxy) is 1. The molecule has 0 radical (unpaired) electrons. The van der Waals surface area contributed by atoms with Crippen molar-refractivity contribution in [2.75, 3.05) is 5.75 Å². The molecule has 0 heterocycles. The van der Waals surface area contributed by atoms with E-state index in [4.69, 9.17) is 4.74 Å². The van der Waals surface area contributed by atoms with Gasteiger partial charge >= 0.3 is 5.97 Å². The highest BCUT2D eigenvalue weighted by Crippen LogP contribution is 2.23. The molecule has 2 aromatic carbocycles. The van der Waals surface area contributed by atoms with E-state index in [9.17, 15) is 9.59 Å². The van der Waals surface area contributed by atoms with Crippen LogP contribution < -0.4 is 0 Å². The fourth-order valence-electron chi connectivity index (χ4n) is 2.23. The van der Waals surface area contributed by atoms with E-state index >= 15 is 0 Å². The molecule has 0 saturated carbocycles. The van der Waals surface area contributed by atoms with Crippen LogP contribution in [0.3, 0.4) is 0 Å². The van der Waals surface area contributed by atoms with Gasteiger partial charge in [-0.15, -0.1) is 11.8 Å². The van der Waals surface area contributed by atoms with E-state index in [1.165, 1.54) is 17.3 Å². The number of ketones is 1. The average Bonchev–Trinajstić information content (AvgIpc) is 2.54. The molecule has 5 heteroatoms. The minimum Gasteiger partial charge on any atom is -0.454 e. The number of thioether (sulfide) groups is 1. The van der Waals surface area contributed by atoms with Gasteiger partial charge in [0.2, 0.25) is 5.78 Å². The molecule has 2 rings (SSSR count). The van der Waals surface area contributed by atoms with Gasteiger partial charge in [0.05, 0.1) is 5.75 Å². The Morgan fingerprint density at radius 2 is 1.79 bits per heavy atom. The fourth-order valence-corrected chi connectivity index (χ4v) is 3.29. The zero-order valence-corrected chi connectivity index (χ0v) is 16.2. The number of benzene rings is 2. The van der Waals surface area contributed by atoms with E-state index < -0.39 is 12.1 Å². The van der Waals surface area contributed by atoms with Crippen molar-refractivity contribution < 1.29 is 14.3 Å². The van der Waals surface area contributed by atoms with Crippen LogP contribution in [0.5, 0.6) is 0 Å². The van der Waals surface area contributed by atoms with Crippen LogP contribution in [0.15, 0.2) is 51.8 Å². The summed E-state index contributed by atoms with van der Waals surface area (Å²) in [5.41, 5.74) is 2.85. The van der Waals surface area contributed by atoms with Gasteiger partial charge in [-0.3, -0.25) is 9.59 Å². The molecule has 126 valence electrons. The molecular formula is C19H19BrO3S. The lowest BCUT2D eigenvalue weighted by molar-refractivity contribution is -0.143. The van der Waals surface area contributed by atoms with Crippen molar-refractivity contribution in [1.29, 1.82) is 0 Å². The highest BCUT2D eigenvalue weighted by molar-refractivity contribution is 9.10. The first-order valence-electron chi connectivity index (χ1n) is 7.56. The van der Waals surface area contributed by atoms with Crippen molar-refractivity contribution in [2.45, 2.75) is 31.8 Å². The van der Waals surface area contributed by atoms with Crippen LogP contribution in [-0.4, -0.2) is 23.6 Å². The molecule has 0 aliphatic heterocycles. The molecule has 24 heavy (non-hydrogen) atoms. The second kappa shape index (κ2) is 8.49. The predicted molar refractivity (Wildman–Crippen MR) is 101 cm³/mol. The zero-order valence-electron chi connectivity index (χ0n) is 13.8. The summed E-state index contributed by atoms with van der Waals surface area (Å²) < 4.78 is 6.16. The molecule has 0 amide bonds. The molecule has 0 aliphatic rings. The maximum atomic E-state index is 12.3. The number of carbonyl (C=O) groups excluding carboxylic acids is 2. The molecule has 0 bridgehead atoms. The molecule has 0 saturated heterocycles. The topological polar surface area (TPSA) is 43.4 Å². The second-order valence-corrected chi connectivity index (χ2v) is 7.49. The molecule has 0 N–H and O–H groups in total. The minimum atomic E-state index is -0.793. The van der Waals surface area contributed by atoms with E-state index in [2.05, 4.69) is 22.0 Å². The van der Waals surface area contributed by atoms with Gasteiger partial charge in [0, 0.05) is 14.9 Å². The van der Waals surface area contributed by atoms with Crippen molar-refractivity contribution >= 4 is 39.4 Å². The van der Waals surface area contributed by atoms with Gasteiger partial charge in [-0.05, 0) is 44.5 Å². The summed E-state index contributed by atoms with van der Waals surface area (Å²) in [5.74, 6) is -0.410. The SMILES string of the molecule is Cc1ccc(SCC(=O)O[C@@H](C)C(=O)c2ccc(Br)cc2)c(C)c1. The number of hydrogen-bond donors (Lipinski definition) is 0. The van der Waals surface area contributed by atoms with Crippen LogP contribution in [0.1, 0.15) is 28.4 Å². The van der Waals surface area contributed by atoms with Gasteiger partial charge in [-0.1, -0.05) is 45.8 Å². The lowest BCUT2D eigenvalue weighted by Crippen LogP contribution is -2.25. The zero-order chi connectivity index (χ0) is 17.7. The lowest BCUT2D eigenvalue weighted by Gasteiger charge is -2.13. The van der Waals surface area contributed by atoms with Crippen molar-refractivity contribution in [1.82, 2.24) is 0 Å². The molecule has 0 fully saturated rings. The Bertz CT molecular complexity index is 741. The van der Waals surface area contributed by atoms with Crippen molar-refractivity contribution in [3.8, 4) is 0 Å². The summed E-state index contributed by atoms with van der Waals surface area (Å²) in [4.78, 5) is 25.3. The first kappa shape index (κ1) is 18.7. The lowest BCUT2D eigenvalue weighted by atomic mass is 10.1. The Hall–Kier alpha value is -1.59. The average molecular weight is 407 g/mol. The summed E-state index contributed by atoms with van der Waals surface area (Å²) in [6.45, 7) is 5.65.